The zero-order valence-electron chi connectivity index (χ0n) is 9.11. The van der Waals surface area contributed by atoms with Gasteiger partial charge in [0.15, 0.2) is 6.10 Å². The number of hydrogen-bond donors (Lipinski definition) is 2. The van der Waals surface area contributed by atoms with E-state index in [1.807, 2.05) is 0 Å². The Labute approximate surface area is 92.8 Å². The van der Waals surface area contributed by atoms with E-state index in [0.717, 1.165) is 6.07 Å². The highest BCUT2D eigenvalue weighted by Gasteiger charge is 2.16. The molecule has 0 saturated heterocycles. The van der Waals surface area contributed by atoms with Crippen LogP contribution in [0.5, 0.6) is 5.75 Å². The molecule has 0 aromatic heterocycles. The second-order valence-corrected chi connectivity index (χ2v) is 3.57. The molecule has 0 spiro atoms. The van der Waals surface area contributed by atoms with Crippen molar-refractivity contribution in [1.29, 1.82) is 0 Å². The largest absolute Gasteiger partial charge is 0.479 e. The Bertz CT molecular complexity index is 393. The van der Waals surface area contributed by atoms with Crippen LogP contribution in [-0.4, -0.2) is 17.2 Å². The van der Waals surface area contributed by atoms with Gasteiger partial charge in [0.25, 0.3) is 0 Å². The molecule has 1 aromatic carbocycles. The van der Waals surface area contributed by atoms with Crippen LogP contribution in [0, 0.1) is 5.82 Å². The van der Waals surface area contributed by atoms with Crippen molar-refractivity contribution in [3.05, 3.63) is 29.6 Å². The van der Waals surface area contributed by atoms with Crippen LogP contribution < -0.4 is 10.5 Å². The summed E-state index contributed by atoms with van der Waals surface area (Å²) >= 11 is 0. The molecular weight excluding hydrogens is 213 g/mol. The summed E-state index contributed by atoms with van der Waals surface area (Å²) in [6.07, 6.45) is -1.04. The molecule has 1 rings (SSSR count). The Hall–Kier alpha value is -1.62. The lowest BCUT2D eigenvalue weighted by Crippen LogP contribution is -2.24. The summed E-state index contributed by atoms with van der Waals surface area (Å²) in [4.78, 5) is 10.6. The Kier molecular flexibility index (Phi) is 3.84. The van der Waals surface area contributed by atoms with Crippen LogP contribution >= 0.6 is 0 Å². The average Bonchev–Trinajstić information content (AvgIpc) is 2.16. The first-order valence-electron chi connectivity index (χ1n) is 4.86. The quantitative estimate of drug-likeness (QED) is 0.821. The first-order valence-corrected chi connectivity index (χ1v) is 4.86. The minimum atomic E-state index is -1.11. The first kappa shape index (κ1) is 12.4. The lowest BCUT2D eigenvalue weighted by Gasteiger charge is -2.16. The molecule has 4 nitrogen and oxygen atoms in total. The Morgan fingerprint density at radius 3 is 2.62 bits per heavy atom. The zero-order chi connectivity index (χ0) is 12.3. The zero-order valence-corrected chi connectivity index (χ0v) is 9.11. The van der Waals surface area contributed by atoms with Gasteiger partial charge in [-0.05, 0) is 19.9 Å². The second kappa shape index (κ2) is 4.94. The van der Waals surface area contributed by atoms with Gasteiger partial charge >= 0.3 is 5.97 Å². The molecule has 0 bridgehead atoms. The molecule has 5 heteroatoms. The third kappa shape index (κ3) is 2.93. The van der Waals surface area contributed by atoms with Crippen molar-refractivity contribution >= 4 is 5.97 Å². The molecule has 0 fully saturated rings. The Balaban J connectivity index is 3.01. The average molecular weight is 227 g/mol. The Morgan fingerprint density at radius 2 is 2.12 bits per heavy atom. The number of carboxylic acid groups (broad SMARTS) is 1. The highest BCUT2D eigenvalue weighted by Crippen LogP contribution is 2.25. The molecule has 1 unspecified atom stereocenters. The highest BCUT2D eigenvalue weighted by molar-refractivity contribution is 5.72. The smallest absolute Gasteiger partial charge is 0.344 e. The van der Waals surface area contributed by atoms with Crippen LogP contribution in [0.1, 0.15) is 25.5 Å². The number of ether oxygens (including phenoxy) is 1. The molecule has 0 radical (unpaired) electrons. The molecular formula is C11H14FNO3. The SMILES string of the molecule is CC(Oc1cc(F)ccc1[C@H](C)N)C(=O)O. The Morgan fingerprint density at radius 1 is 1.50 bits per heavy atom. The van der Waals surface area contributed by atoms with Gasteiger partial charge in [0.05, 0.1) is 0 Å². The number of nitrogens with two attached hydrogens (primary N) is 1. The van der Waals surface area contributed by atoms with Crippen molar-refractivity contribution in [3.63, 3.8) is 0 Å². The lowest BCUT2D eigenvalue weighted by molar-refractivity contribution is -0.144. The van der Waals surface area contributed by atoms with Crippen LogP contribution in [0.25, 0.3) is 0 Å². The molecule has 88 valence electrons. The van der Waals surface area contributed by atoms with Gasteiger partial charge in [-0.1, -0.05) is 6.07 Å². The summed E-state index contributed by atoms with van der Waals surface area (Å²) in [5.74, 6) is -1.43. The third-order valence-corrected chi connectivity index (χ3v) is 2.12. The molecule has 1 aromatic rings. The van der Waals surface area contributed by atoms with E-state index in [2.05, 4.69) is 0 Å². The molecule has 0 heterocycles. The summed E-state index contributed by atoms with van der Waals surface area (Å²) in [5.41, 5.74) is 6.24. The summed E-state index contributed by atoms with van der Waals surface area (Å²) < 4.78 is 18.1. The van der Waals surface area contributed by atoms with Gasteiger partial charge in [-0.25, -0.2) is 9.18 Å². The van der Waals surface area contributed by atoms with Crippen molar-refractivity contribution in [2.24, 2.45) is 5.73 Å². The van der Waals surface area contributed by atoms with Gasteiger partial charge < -0.3 is 15.6 Å². The van der Waals surface area contributed by atoms with E-state index >= 15 is 0 Å². The van der Waals surface area contributed by atoms with Crippen molar-refractivity contribution in [2.45, 2.75) is 26.0 Å². The van der Waals surface area contributed by atoms with Gasteiger partial charge in [0.1, 0.15) is 11.6 Å². The van der Waals surface area contributed by atoms with E-state index in [4.69, 9.17) is 15.6 Å². The normalized spacial score (nSPS) is 14.2. The summed E-state index contributed by atoms with van der Waals surface area (Å²) in [6.45, 7) is 3.09. The fraction of sp³-hybridized carbons (Fsp3) is 0.364. The maximum absolute atomic E-state index is 13.0. The number of benzene rings is 1. The summed E-state index contributed by atoms with van der Waals surface area (Å²) in [5, 5.41) is 8.69. The molecule has 0 aliphatic carbocycles. The third-order valence-electron chi connectivity index (χ3n) is 2.12. The van der Waals surface area contributed by atoms with Crippen LogP contribution in [0.4, 0.5) is 4.39 Å². The monoisotopic (exact) mass is 227 g/mol. The van der Waals surface area contributed by atoms with Crippen LogP contribution in [0.15, 0.2) is 18.2 Å². The van der Waals surface area contributed by atoms with E-state index in [-0.39, 0.29) is 11.8 Å². The topological polar surface area (TPSA) is 72.5 Å². The number of carbonyl (C=O) groups is 1. The summed E-state index contributed by atoms with van der Waals surface area (Å²) in [7, 11) is 0. The van der Waals surface area contributed by atoms with Crippen LogP contribution in [0.3, 0.4) is 0 Å². The molecule has 0 amide bonds. The maximum atomic E-state index is 13.0. The number of hydrogen-bond acceptors (Lipinski definition) is 3. The van der Waals surface area contributed by atoms with Gasteiger partial charge in [-0.2, -0.15) is 0 Å². The predicted molar refractivity (Wildman–Crippen MR) is 56.7 cm³/mol. The van der Waals surface area contributed by atoms with Crippen molar-refractivity contribution in [1.82, 2.24) is 0 Å². The molecule has 0 saturated carbocycles. The first-order chi connectivity index (χ1) is 7.41. The molecule has 2 atom stereocenters. The van der Waals surface area contributed by atoms with E-state index < -0.39 is 17.9 Å². The van der Waals surface area contributed by atoms with E-state index in [0.29, 0.717) is 5.56 Å². The number of carboxylic acids is 1. The standard InChI is InChI=1S/C11H14FNO3/c1-6(13)9-4-3-8(12)5-10(9)16-7(2)11(14)15/h3-7H,13H2,1-2H3,(H,14,15)/t6-,7?/m0/s1. The molecule has 16 heavy (non-hydrogen) atoms. The van der Waals surface area contributed by atoms with Crippen molar-refractivity contribution in [3.8, 4) is 5.75 Å². The van der Waals surface area contributed by atoms with Gasteiger partial charge in [-0.15, -0.1) is 0 Å². The van der Waals surface area contributed by atoms with Crippen LogP contribution in [0.2, 0.25) is 0 Å². The van der Waals surface area contributed by atoms with E-state index in [9.17, 15) is 9.18 Å². The molecule has 3 N–H and O–H groups in total. The van der Waals surface area contributed by atoms with Gasteiger partial charge in [0, 0.05) is 17.7 Å². The number of rotatable bonds is 4. The molecule has 0 aliphatic rings. The second-order valence-electron chi connectivity index (χ2n) is 3.57. The lowest BCUT2D eigenvalue weighted by atomic mass is 10.1. The minimum Gasteiger partial charge on any atom is -0.479 e. The fourth-order valence-corrected chi connectivity index (χ4v) is 1.23. The number of aliphatic carboxylic acids is 1. The minimum absolute atomic E-state index is 0.171. The van der Waals surface area contributed by atoms with Crippen LogP contribution in [-0.2, 0) is 4.79 Å². The van der Waals surface area contributed by atoms with Crippen molar-refractivity contribution in [2.75, 3.05) is 0 Å². The van der Waals surface area contributed by atoms with Gasteiger partial charge in [-0.3, -0.25) is 0 Å². The number of halogens is 1. The highest BCUT2D eigenvalue weighted by atomic mass is 19.1. The van der Waals surface area contributed by atoms with Crippen molar-refractivity contribution < 1.29 is 19.0 Å². The predicted octanol–water partition coefficient (Wildman–Crippen LogP) is 1.70. The summed E-state index contributed by atoms with van der Waals surface area (Å²) in [6, 6.07) is 3.54. The fourth-order valence-electron chi connectivity index (χ4n) is 1.23. The van der Waals surface area contributed by atoms with E-state index in [1.54, 1.807) is 6.92 Å². The maximum Gasteiger partial charge on any atom is 0.344 e. The van der Waals surface area contributed by atoms with E-state index in [1.165, 1.54) is 19.1 Å². The van der Waals surface area contributed by atoms with Gasteiger partial charge in [0.2, 0.25) is 0 Å². The molecule has 0 aliphatic heterocycles.